The Bertz CT molecular complexity index is 745. The van der Waals surface area contributed by atoms with Gasteiger partial charge in [0, 0.05) is 24.2 Å². The van der Waals surface area contributed by atoms with Gasteiger partial charge < -0.3 is 4.42 Å². The summed E-state index contributed by atoms with van der Waals surface area (Å²) in [5, 5.41) is 2.20. The fourth-order valence-electron chi connectivity index (χ4n) is 1.79. The lowest BCUT2D eigenvalue weighted by Gasteiger charge is -2.00. The second-order valence-electron chi connectivity index (χ2n) is 3.61. The van der Waals surface area contributed by atoms with Gasteiger partial charge in [-0.1, -0.05) is 15.9 Å². The number of rotatable bonds is 0. The predicted molar refractivity (Wildman–Crippen MR) is 84.5 cm³/mol. The van der Waals surface area contributed by atoms with E-state index in [4.69, 9.17) is 4.42 Å². The number of furan rings is 1. The minimum Gasteiger partial charge on any atom is -0.455 e. The van der Waals surface area contributed by atoms with Crippen molar-refractivity contribution < 1.29 is 4.42 Å². The van der Waals surface area contributed by atoms with Gasteiger partial charge in [0.15, 0.2) is 5.58 Å². The summed E-state index contributed by atoms with van der Waals surface area (Å²) in [6.45, 7) is 0. The largest absolute Gasteiger partial charge is 0.455 e. The van der Waals surface area contributed by atoms with Crippen LogP contribution in [-0.2, 0) is 0 Å². The molecule has 86 valence electrons. The summed E-state index contributed by atoms with van der Waals surface area (Å²) in [7, 11) is 0. The van der Waals surface area contributed by atoms with Crippen LogP contribution in [0.4, 0.5) is 0 Å². The SMILES string of the molecule is Brc1ccc2c(c1)oc1c(Br)c(Br)c(Br)cc12. The van der Waals surface area contributed by atoms with Crippen molar-refractivity contribution >= 4 is 85.7 Å². The lowest BCUT2D eigenvalue weighted by molar-refractivity contribution is 0.666. The molecule has 0 fully saturated rings. The maximum absolute atomic E-state index is 5.87. The molecule has 0 aliphatic rings. The summed E-state index contributed by atoms with van der Waals surface area (Å²) in [4.78, 5) is 0. The van der Waals surface area contributed by atoms with Crippen molar-refractivity contribution in [2.75, 3.05) is 0 Å². The van der Waals surface area contributed by atoms with Crippen molar-refractivity contribution in [2.45, 2.75) is 0 Å². The molecule has 0 radical (unpaired) electrons. The zero-order valence-electron chi connectivity index (χ0n) is 8.23. The van der Waals surface area contributed by atoms with Crippen LogP contribution in [0.1, 0.15) is 0 Å². The van der Waals surface area contributed by atoms with E-state index in [1.165, 1.54) is 0 Å². The van der Waals surface area contributed by atoms with Gasteiger partial charge in [-0.25, -0.2) is 0 Å². The van der Waals surface area contributed by atoms with Gasteiger partial charge in [0.05, 0.1) is 4.47 Å². The quantitative estimate of drug-likeness (QED) is 0.327. The second kappa shape index (κ2) is 4.37. The minimum absolute atomic E-state index is 0.855. The van der Waals surface area contributed by atoms with Crippen molar-refractivity contribution in [2.24, 2.45) is 0 Å². The summed E-state index contributed by atoms with van der Waals surface area (Å²) >= 11 is 14.0. The summed E-state index contributed by atoms with van der Waals surface area (Å²) in [5.74, 6) is 0. The zero-order chi connectivity index (χ0) is 12.2. The van der Waals surface area contributed by atoms with Gasteiger partial charge in [0.25, 0.3) is 0 Å². The van der Waals surface area contributed by atoms with Crippen molar-refractivity contribution in [3.05, 3.63) is 42.2 Å². The van der Waals surface area contributed by atoms with Gasteiger partial charge in [-0.05, 0) is 72.1 Å². The van der Waals surface area contributed by atoms with Crippen molar-refractivity contribution in [3.8, 4) is 0 Å². The molecule has 0 saturated carbocycles. The molecule has 0 amide bonds. The smallest absolute Gasteiger partial charge is 0.150 e. The highest BCUT2D eigenvalue weighted by atomic mass is 79.9. The zero-order valence-corrected chi connectivity index (χ0v) is 14.6. The Morgan fingerprint density at radius 3 is 2.35 bits per heavy atom. The molecule has 0 N–H and O–H groups in total. The minimum atomic E-state index is 0.855. The third-order valence-electron chi connectivity index (χ3n) is 2.56. The van der Waals surface area contributed by atoms with Crippen molar-refractivity contribution in [1.82, 2.24) is 0 Å². The fraction of sp³-hybridized carbons (Fsp3) is 0. The lowest BCUT2D eigenvalue weighted by Crippen LogP contribution is -1.74. The number of hydrogen-bond acceptors (Lipinski definition) is 1. The summed E-state index contributed by atoms with van der Waals surface area (Å²) in [6.07, 6.45) is 0. The Labute approximate surface area is 131 Å². The van der Waals surface area contributed by atoms with Crippen LogP contribution in [0.25, 0.3) is 21.9 Å². The van der Waals surface area contributed by atoms with Crippen LogP contribution in [0.3, 0.4) is 0 Å². The average molecular weight is 484 g/mol. The number of benzene rings is 2. The second-order valence-corrected chi connectivity index (χ2v) is 6.96. The number of fused-ring (bicyclic) bond motifs is 3. The number of hydrogen-bond donors (Lipinski definition) is 0. The molecule has 3 aromatic rings. The maximum Gasteiger partial charge on any atom is 0.150 e. The van der Waals surface area contributed by atoms with E-state index < -0.39 is 0 Å². The molecule has 5 heteroatoms. The van der Waals surface area contributed by atoms with E-state index in [1.54, 1.807) is 0 Å². The molecule has 3 rings (SSSR count). The number of halogens is 4. The summed E-state index contributed by atoms with van der Waals surface area (Å²) < 4.78 is 9.77. The molecule has 1 nitrogen and oxygen atoms in total. The molecule has 1 heterocycles. The van der Waals surface area contributed by atoms with Crippen molar-refractivity contribution in [3.63, 3.8) is 0 Å². The van der Waals surface area contributed by atoms with E-state index in [0.29, 0.717) is 0 Å². The van der Waals surface area contributed by atoms with Crippen LogP contribution in [-0.4, -0.2) is 0 Å². The lowest BCUT2D eigenvalue weighted by atomic mass is 10.1. The Balaban J connectivity index is 2.56. The third kappa shape index (κ3) is 1.91. The molecule has 0 unspecified atom stereocenters. The normalized spacial score (nSPS) is 11.5. The van der Waals surface area contributed by atoms with E-state index in [-0.39, 0.29) is 0 Å². The Morgan fingerprint density at radius 2 is 1.59 bits per heavy atom. The topological polar surface area (TPSA) is 13.1 Å². The highest BCUT2D eigenvalue weighted by Crippen LogP contribution is 2.41. The fourth-order valence-corrected chi connectivity index (χ4v) is 3.63. The highest BCUT2D eigenvalue weighted by Gasteiger charge is 2.14. The Morgan fingerprint density at radius 1 is 0.824 bits per heavy atom. The molecule has 0 aliphatic carbocycles. The van der Waals surface area contributed by atoms with E-state index in [9.17, 15) is 0 Å². The average Bonchev–Trinajstić information content (AvgIpc) is 2.64. The molecule has 2 aromatic carbocycles. The molecule has 0 atom stereocenters. The highest BCUT2D eigenvalue weighted by molar-refractivity contribution is 9.14. The third-order valence-corrected chi connectivity index (χ3v) is 6.33. The van der Waals surface area contributed by atoms with E-state index in [1.807, 2.05) is 12.1 Å². The Hall–Kier alpha value is 0.160. The van der Waals surface area contributed by atoms with Gasteiger partial charge in [-0.3, -0.25) is 0 Å². The van der Waals surface area contributed by atoms with Gasteiger partial charge in [-0.15, -0.1) is 0 Å². The first-order chi connectivity index (χ1) is 8.08. The van der Waals surface area contributed by atoms with Gasteiger partial charge in [-0.2, -0.15) is 0 Å². The Kier molecular flexibility index (Phi) is 3.14. The monoisotopic (exact) mass is 480 g/mol. The molecule has 0 spiro atoms. The van der Waals surface area contributed by atoms with Crippen LogP contribution in [0, 0.1) is 0 Å². The van der Waals surface area contributed by atoms with Crippen LogP contribution in [0.2, 0.25) is 0 Å². The van der Waals surface area contributed by atoms with E-state index in [2.05, 4.69) is 75.9 Å². The van der Waals surface area contributed by atoms with Gasteiger partial charge in [0.2, 0.25) is 0 Å². The first kappa shape index (κ1) is 12.2. The molecule has 17 heavy (non-hydrogen) atoms. The van der Waals surface area contributed by atoms with Crippen LogP contribution >= 0.6 is 63.7 Å². The van der Waals surface area contributed by atoms with E-state index in [0.717, 1.165) is 39.8 Å². The standard InChI is InChI=1S/C12H4Br4O/c13-5-1-2-6-7-4-8(14)10(15)11(16)12(7)17-9(6)3-5/h1-4H. The first-order valence-corrected chi connectivity index (χ1v) is 7.90. The molecular formula is C12H4Br4O. The van der Waals surface area contributed by atoms with Gasteiger partial charge >= 0.3 is 0 Å². The molecule has 0 aliphatic heterocycles. The predicted octanol–water partition coefficient (Wildman–Crippen LogP) is 6.64. The first-order valence-electron chi connectivity index (χ1n) is 4.73. The molecule has 0 saturated heterocycles. The van der Waals surface area contributed by atoms with Crippen LogP contribution in [0.15, 0.2) is 46.6 Å². The van der Waals surface area contributed by atoms with Crippen molar-refractivity contribution in [1.29, 1.82) is 0 Å². The maximum atomic E-state index is 5.87. The molecule has 0 bridgehead atoms. The van der Waals surface area contributed by atoms with Crippen LogP contribution < -0.4 is 0 Å². The summed E-state index contributed by atoms with van der Waals surface area (Å²) in [6, 6.07) is 8.10. The molecule has 1 aromatic heterocycles. The van der Waals surface area contributed by atoms with Crippen LogP contribution in [0.5, 0.6) is 0 Å². The molecular weight excluding hydrogens is 480 g/mol. The van der Waals surface area contributed by atoms with Gasteiger partial charge in [0.1, 0.15) is 5.58 Å². The summed E-state index contributed by atoms with van der Waals surface area (Å²) in [5.41, 5.74) is 1.73. The van der Waals surface area contributed by atoms with E-state index >= 15 is 0 Å².